The highest BCUT2D eigenvalue weighted by Gasteiger charge is 2.21. The zero-order chi connectivity index (χ0) is 25.3. The Balaban J connectivity index is 1.62. The third-order valence-electron chi connectivity index (χ3n) is 5.01. The van der Waals surface area contributed by atoms with Crippen molar-refractivity contribution in [1.29, 1.82) is 0 Å². The first-order valence-corrected chi connectivity index (χ1v) is 12.6. The van der Waals surface area contributed by atoms with Crippen molar-refractivity contribution in [3.05, 3.63) is 75.2 Å². The predicted octanol–water partition coefficient (Wildman–Crippen LogP) is 4.41. The van der Waals surface area contributed by atoms with Crippen molar-refractivity contribution >= 4 is 61.1 Å². The monoisotopic (exact) mass is 536 g/mol. The first-order valence-electron chi connectivity index (χ1n) is 9.93. The minimum Gasteiger partial charge on any atom is -0.494 e. The Labute approximate surface area is 208 Å². The number of halogens is 2. The summed E-state index contributed by atoms with van der Waals surface area (Å²) in [5.74, 6) is -0.393. The van der Waals surface area contributed by atoms with Crippen LogP contribution in [0.25, 0.3) is 16.5 Å². The van der Waals surface area contributed by atoms with Gasteiger partial charge in [0.05, 0.1) is 33.9 Å². The van der Waals surface area contributed by atoms with Crippen LogP contribution in [0.1, 0.15) is 0 Å². The van der Waals surface area contributed by atoms with Gasteiger partial charge >= 0.3 is 6.03 Å². The first kappa shape index (κ1) is 24.5. The molecule has 4 rings (SSSR count). The Bertz CT molecular complexity index is 1620. The van der Waals surface area contributed by atoms with Crippen molar-refractivity contribution in [2.24, 2.45) is 0 Å². The lowest BCUT2D eigenvalue weighted by atomic mass is 10.1. The fourth-order valence-electron chi connectivity index (χ4n) is 3.36. The number of hydrogen-bond acceptors (Lipinski definition) is 7. The molecule has 9 nitrogen and oxygen atoms in total. The Morgan fingerprint density at radius 1 is 1.11 bits per heavy atom. The van der Waals surface area contributed by atoms with E-state index >= 15 is 0 Å². The number of fused-ring (bicyclic) bond motifs is 1. The van der Waals surface area contributed by atoms with E-state index in [2.05, 4.69) is 10.6 Å². The van der Waals surface area contributed by atoms with E-state index in [-0.39, 0.29) is 31.1 Å². The normalized spacial score (nSPS) is 11.3. The van der Waals surface area contributed by atoms with E-state index in [1.807, 2.05) is 4.72 Å². The number of methoxy groups -OCH3 is 1. The molecule has 2 amide bonds. The average molecular weight is 537 g/mol. The van der Waals surface area contributed by atoms with Gasteiger partial charge in [-0.3, -0.25) is 9.36 Å². The summed E-state index contributed by atoms with van der Waals surface area (Å²) >= 11 is 6.57. The third kappa shape index (κ3) is 4.94. The number of rotatable bonds is 6. The fourth-order valence-corrected chi connectivity index (χ4v) is 5.75. The number of nitrogens with one attached hydrogen (secondary N) is 3. The molecular weight excluding hydrogens is 519 g/mol. The lowest BCUT2D eigenvalue weighted by molar-refractivity contribution is 0.256. The molecule has 0 aliphatic rings. The SMILES string of the molecule is CNc1cc2ccn(-c3ccc(NC(=O)NS(=O)(=O)c4ccc(Cl)s4)c(OC)c3)c(=O)c2cc1F. The number of hydrogen-bond donors (Lipinski definition) is 3. The Morgan fingerprint density at radius 3 is 2.54 bits per heavy atom. The minimum atomic E-state index is -4.11. The van der Waals surface area contributed by atoms with Gasteiger partial charge < -0.3 is 15.4 Å². The van der Waals surface area contributed by atoms with E-state index in [1.54, 1.807) is 19.2 Å². The molecule has 0 bridgehead atoms. The fraction of sp³-hybridized carbons (Fsp3) is 0.0909. The molecule has 0 aliphatic heterocycles. The predicted molar refractivity (Wildman–Crippen MR) is 134 cm³/mol. The summed E-state index contributed by atoms with van der Waals surface area (Å²) < 4.78 is 47.5. The summed E-state index contributed by atoms with van der Waals surface area (Å²) in [6.45, 7) is 0. The van der Waals surface area contributed by atoms with Crippen molar-refractivity contribution in [3.8, 4) is 11.4 Å². The highest BCUT2D eigenvalue weighted by Crippen LogP contribution is 2.29. The summed E-state index contributed by atoms with van der Waals surface area (Å²) in [6.07, 6.45) is 1.54. The van der Waals surface area contributed by atoms with E-state index in [4.69, 9.17) is 16.3 Å². The van der Waals surface area contributed by atoms with Crippen LogP contribution in [0.3, 0.4) is 0 Å². The molecule has 3 N–H and O–H groups in total. The lowest BCUT2D eigenvalue weighted by Crippen LogP contribution is -2.34. The van der Waals surface area contributed by atoms with Gasteiger partial charge in [-0.1, -0.05) is 11.6 Å². The number of anilines is 2. The third-order valence-corrected chi connectivity index (χ3v) is 8.07. The number of amides is 2. The number of urea groups is 1. The summed E-state index contributed by atoms with van der Waals surface area (Å²) in [6, 6.07) is 10.5. The topological polar surface area (TPSA) is 119 Å². The van der Waals surface area contributed by atoms with Gasteiger partial charge in [-0.2, -0.15) is 0 Å². The molecule has 2 aromatic carbocycles. The van der Waals surface area contributed by atoms with Crippen molar-refractivity contribution in [3.63, 3.8) is 0 Å². The number of pyridine rings is 1. The molecule has 0 atom stereocenters. The zero-order valence-corrected chi connectivity index (χ0v) is 20.6. The summed E-state index contributed by atoms with van der Waals surface area (Å²) in [7, 11) is -1.18. The van der Waals surface area contributed by atoms with E-state index in [0.29, 0.717) is 11.1 Å². The van der Waals surface area contributed by atoms with Gasteiger partial charge in [-0.05, 0) is 47.9 Å². The summed E-state index contributed by atoms with van der Waals surface area (Å²) in [5, 5.41) is 5.89. The van der Waals surface area contributed by atoms with Gasteiger partial charge in [-0.15, -0.1) is 11.3 Å². The van der Waals surface area contributed by atoms with Crippen LogP contribution in [0.4, 0.5) is 20.6 Å². The summed E-state index contributed by atoms with van der Waals surface area (Å²) in [5.41, 5.74) is 0.366. The Morgan fingerprint density at radius 2 is 1.89 bits per heavy atom. The van der Waals surface area contributed by atoms with Crippen LogP contribution in [-0.4, -0.2) is 33.2 Å². The smallest absolute Gasteiger partial charge is 0.333 e. The standard InChI is InChI=1S/C22H18ClFN4O5S2/c1-25-17-9-12-7-8-28(21(29)14(12)11-15(17)24)13-3-4-16(18(10-13)33-2)26-22(30)27-35(31,32)20-6-5-19(23)34-20/h3-11,25H,1-2H3,(H2,26,27,30). The molecule has 0 aliphatic carbocycles. The number of thiophene rings is 1. The number of carbonyl (C=O) groups excluding carboxylic acids is 1. The zero-order valence-electron chi connectivity index (χ0n) is 18.3. The molecule has 13 heteroatoms. The highest BCUT2D eigenvalue weighted by molar-refractivity contribution is 7.92. The quantitative estimate of drug-likeness (QED) is 0.336. The Hall–Kier alpha value is -3.61. The Kier molecular flexibility index (Phi) is 6.70. The summed E-state index contributed by atoms with van der Waals surface area (Å²) in [4.78, 5) is 25.4. The first-order chi connectivity index (χ1) is 16.6. The van der Waals surface area contributed by atoms with Crippen LogP contribution in [0.15, 0.2) is 63.7 Å². The number of aromatic nitrogens is 1. The minimum absolute atomic E-state index is 0.117. The second-order valence-corrected chi connectivity index (χ2v) is 10.8. The van der Waals surface area contributed by atoms with Crippen molar-refractivity contribution in [2.75, 3.05) is 24.8 Å². The lowest BCUT2D eigenvalue weighted by Gasteiger charge is -2.14. The molecule has 0 saturated carbocycles. The number of sulfonamides is 1. The molecule has 0 spiro atoms. The molecule has 0 radical (unpaired) electrons. The van der Waals surface area contributed by atoms with E-state index in [0.717, 1.165) is 11.3 Å². The maximum absolute atomic E-state index is 14.2. The number of ether oxygens (including phenoxy) is 1. The highest BCUT2D eigenvalue weighted by atomic mass is 35.5. The van der Waals surface area contributed by atoms with Gasteiger partial charge in [0.1, 0.15) is 15.8 Å². The van der Waals surface area contributed by atoms with Gasteiger partial charge in [0, 0.05) is 19.3 Å². The van der Waals surface area contributed by atoms with Crippen LogP contribution >= 0.6 is 22.9 Å². The number of benzene rings is 2. The van der Waals surface area contributed by atoms with E-state index < -0.39 is 27.4 Å². The van der Waals surface area contributed by atoms with Crippen LogP contribution in [-0.2, 0) is 10.0 Å². The second-order valence-electron chi connectivity index (χ2n) is 7.16. The molecule has 2 aromatic heterocycles. The van der Waals surface area contributed by atoms with Gasteiger partial charge in [-0.25, -0.2) is 22.3 Å². The van der Waals surface area contributed by atoms with E-state index in [1.165, 1.54) is 54.3 Å². The number of nitrogens with zero attached hydrogens (tertiary/aromatic N) is 1. The van der Waals surface area contributed by atoms with Crippen LogP contribution in [0.2, 0.25) is 4.34 Å². The molecule has 0 fully saturated rings. The second kappa shape index (κ2) is 9.56. The molecule has 0 unspecified atom stereocenters. The van der Waals surface area contributed by atoms with Gasteiger partial charge in [0.2, 0.25) is 0 Å². The maximum atomic E-state index is 14.2. The van der Waals surface area contributed by atoms with Crippen LogP contribution < -0.4 is 25.7 Å². The maximum Gasteiger partial charge on any atom is 0.333 e. The molecule has 2 heterocycles. The van der Waals surface area contributed by atoms with Crippen LogP contribution in [0.5, 0.6) is 5.75 Å². The van der Waals surface area contributed by atoms with Crippen molar-refractivity contribution < 1.29 is 22.3 Å². The van der Waals surface area contributed by atoms with Gasteiger partial charge in [0.25, 0.3) is 15.6 Å². The molecule has 35 heavy (non-hydrogen) atoms. The number of carbonyl (C=O) groups is 1. The van der Waals surface area contributed by atoms with Crippen molar-refractivity contribution in [2.45, 2.75) is 4.21 Å². The average Bonchev–Trinajstić information content (AvgIpc) is 3.27. The largest absolute Gasteiger partial charge is 0.494 e. The van der Waals surface area contributed by atoms with E-state index in [9.17, 15) is 22.4 Å². The molecular formula is C22H18ClFN4O5S2. The van der Waals surface area contributed by atoms with Crippen molar-refractivity contribution in [1.82, 2.24) is 9.29 Å². The van der Waals surface area contributed by atoms with Crippen LogP contribution in [0, 0.1) is 5.82 Å². The molecule has 4 aromatic rings. The van der Waals surface area contributed by atoms with Gasteiger partial charge in [0.15, 0.2) is 0 Å². The molecule has 0 saturated heterocycles. The molecule has 182 valence electrons.